The van der Waals surface area contributed by atoms with Crippen LogP contribution < -0.4 is 4.74 Å². The fourth-order valence-electron chi connectivity index (χ4n) is 1.91. The van der Waals surface area contributed by atoms with Crippen LogP contribution >= 0.6 is 11.6 Å². The zero-order valence-corrected chi connectivity index (χ0v) is 12.9. The molecule has 1 heterocycles. The standard InChI is InChI=1S/C13H15ClO6S/c1-2-19-13(16)12(15)8-3-4-11(10(14)5-8)20-9-6-21(17,18)7-9/h3-5,9,12,15H,2,6-7H2,1H3. The summed E-state index contributed by atoms with van der Waals surface area (Å²) in [6, 6.07) is 4.37. The normalized spacial score (nSPS) is 18.6. The summed E-state index contributed by atoms with van der Waals surface area (Å²) < 4.78 is 32.3. The maximum Gasteiger partial charge on any atom is 0.339 e. The van der Waals surface area contributed by atoms with E-state index in [1.807, 2.05) is 0 Å². The van der Waals surface area contributed by atoms with Gasteiger partial charge in [-0.15, -0.1) is 0 Å². The molecule has 0 aliphatic carbocycles. The van der Waals surface area contributed by atoms with E-state index in [0.29, 0.717) is 5.75 Å². The number of sulfone groups is 1. The summed E-state index contributed by atoms with van der Waals surface area (Å²) in [5.41, 5.74) is 0.284. The molecule has 0 aromatic heterocycles. The van der Waals surface area contributed by atoms with Gasteiger partial charge in [0.2, 0.25) is 0 Å². The Bertz CT molecular complexity index is 630. The maximum atomic E-state index is 11.4. The highest BCUT2D eigenvalue weighted by Gasteiger charge is 2.35. The zero-order valence-electron chi connectivity index (χ0n) is 11.3. The molecule has 116 valence electrons. The van der Waals surface area contributed by atoms with Crippen LogP contribution in [0.4, 0.5) is 0 Å². The Morgan fingerprint density at radius 3 is 2.67 bits per heavy atom. The summed E-state index contributed by atoms with van der Waals surface area (Å²) in [5.74, 6) is -0.503. The second kappa shape index (κ2) is 6.21. The van der Waals surface area contributed by atoms with E-state index in [1.165, 1.54) is 18.2 Å². The Hall–Kier alpha value is -1.31. The Balaban J connectivity index is 2.05. The lowest BCUT2D eigenvalue weighted by atomic mass is 10.1. The van der Waals surface area contributed by atoms with Gasteiger partial charge in [0.05, 0.1) is 23.1 Å². The van der Waals surface area contributed by atoms with Crippen LogP contribution in [0.2, 0.25) is 5.02 Å². The van der Waals surface area contributed by atoms with Gasteiger partial charge in [0.25, 0.3) is 0 Å². The minimum absolute atomic E-state index is 0.0312. The van der Waals surface area contributed by atoms with Gasteiger partial charge in [0, 0.05) is 0 Å². The van der Waals surface area contributed by atoms with Crippen molar-refractivity contribution in [2.45, 2.75) is 19.1 Å². The summed E-state index contributed by atoms with van der Waals surface area (Å²) in [6.07, 6.45) is -1.83. The van der Waals surface area contributed by atoms with E-state index in [9.17, 15) is 18.3 Å². The molecular weight excluding hydrogens is 320 g/mol. The van der Waals surface area contributed by atoms with E-state index in [0.717, 1.165) is 0 Å². The van der Waals surface area contributed by atoms with E-state index >= 15 is 0 Å². The smallest absolute Gasteiger partial charge is 0.339 e. The summed E-state index contributed by atoms with van der Waals surface area (Å²) >= 11 is 6.01. The first-order valence-corrected chi connectivity index (χ1v) is 8.53. The lowest BCUT2D eigenvalue weighted by Gasteiger charge is -2.27. The van der Waals surface area contributed by atoms with Crippen molar-refractivity contribution in [2.75, 3.05) is 18.1 Å². The van der Waals surface area contributed by atoms with Crippen molar-refractivity contribution in [1.29, 1.82) is 0 Å². The monoisotopic (exact) mass is 334 g/mol. The number of benzene rings is 1. The predicted octanol–water partition coefficient (Wildman–Crippen LogP) is 1.11. The zero-order chi connectivity index (χ0) is 15.6. The molecule has 2 rings (SSSR count). The molecule has 1 aromatic carbocycles. The van der Waals surface area contributed by atoms with Crippen LogP contribution in [-0.2, 0) is 19.4 Å². The van der Waals surface area contributed by atoms with E-state index in [1.54, 1.807) is 6.92 Å². The third-order valence-electron chi connectivity index (χ3n) is 2.95. The van der Waals surface area contributed by atoms with Gasteiger partial charge < -0.3 is 14.6 Å². The lowest BCUT2D eigenvalue weighted by Crippen LogP contribution is -2.45. The Morgan fingerprint density at radius 1 is 1.48 bits per heavy atom. The van der Waals surface area contributed by atoms with E-state index < -0.39 is 28.0 Å². The number of esters is 1. The highest BCUT2D eigenvalue weighted by molar-refractivity contribution is 7.92. The molecule has 1 atom stereocenters. The molecule has 0 radical (unpaired) electrons. The molecule has 0 spiro atoms. The average Bonchev–Trinajstić information content (AvgIpc) is 2.38. The molecule has 0 amide bonds. The van der Waals surface area contributed by atoms with Gasteiger partial charge in [-0.1, -0.05) is 17.7 Å². The van der Waals surface area contributed by atoms with Gasteiger partial charge in [-0.2, -0.15) is 0 Å². The number of hydrogen-bond donors (Lipinski definition) is 1. The van der Waals surface area contributed by atoms with Gasteiger partial charge in [-0.25, -0.2) is 13.2 Å². The second-order valence-corrected chi connectivity index (χ2v) is 7.22. The molecule has 1 unspecified atom stereocenters. The molecule has 0 bridgehead atoms. The summed E-state index contributed by atoms with van der Waals surface area (Å²) in [6.45, 7) is 1.81. The van der Waals surface area contributed by atoms with Crippen LogP contribution in [0.1, 0.15) is 18.6 Å². The van der Waals surface area contributed by atoms with Crippen LogP contribution in [0.15, 0.2) is 18.2 Å². The first kappa shape index (κ1) is 16.1. The highest BCUT2D eigenvalue weighted by Crippen LogP contribution is 2.30. The largest absolute Gasteiger partial charge is 0.487 e. The molecule has 1 fully saturated rings. The van der Waals surface area contributed by atoms with Gasteiger partial charge >= 0.3 is 5.97 Å². The minimum atomic E-state index is -2.97. The molecule has 1 saturated heterocycles. The van der Waals surface area contributed by atoms with E-state index in [-0.39, 0.29) is 28.7 Å². The number of hydrogen-bond acceptors (Lipinski definition) is 6. The summed E-state index contributed by atoms with van der Waals surface area (Å²) in [5, 5.41) is 9.98. The number of carbonyl (C=O) groups excluding carboxylic acids is 1. The van der Waals surface area contributed by atoms with Gasteiger partial charge in [0.1, 0.15) is 11.9 Å². The van der Waals surface area contributed by atoms with Crippen molar-refractivity contribution in [3.05, 3.63) is 28.8 Å². The quantitative estimate of drug-likeness (QED) is 0.811. The molecule has 1 aromatic rings. The van der Waals surface area contributed by atoms with Crippen LogP contribution in [0.5, 0.6) is 5.75 Å². The molecule has 1 aliphatic heterocycles. The van der Waals surface area contributed by atoms with Crippen molar-refractivity contribution >= 4 is 27.4 Å². The van der Waals surface area contributed by atoms with E-state index in [4.69, 9.17) is 21.1 Å². The van der Waals surface area contributed by atoms with Crippen molar-refractivity contribution in [3.8, 4) is 5.75 Å². The van der Waals surface area contributed by atoms with Gasteiger partial charge in [-0.3, -0.25) is 0 Å². The lowest BCUT2D eigenvalue weighted by molar-refractivity contribution is -0.153. The fraction of sp³-hybridized carbons (Fsp3) is 0.462. The van der Waals surface area contributed by atoms with Crippen molar-refractivity contribution in [2.24, 2.45) is 0 Å². The van der Waals surface area contributed by atoms with Crippen LogP contribution in [-0.4, -0.2) is 43.7 Å². The molecule has 21 heavy (non-hydrogen) atoms. The van der Waals surface area contributed by atoms with Crippen LogP contribution in [0.25, 0.3) is 0 Å². The topological polar surface area (TPSA) is 89.9 Å². The second-order valence-electron chi connectivity index (χ2n) is 4.66. The van der Waals surface area contributed by atoms with Crippen molar-refractivity contribution < 1.29 is 27.8 Å². The summed E-state index contributed by atoms with van der Waals surface area (Å²) in [4.78, 5) is 11.4. The number of ether oxygens (including phenoxy) is 2. The number of halogens is 1. The van der Waals surface area contributed by atoms with Crippen LogP contribution in [0.3, 0.4) is 0 Å². The molecule has 8 heteroatoms. The third kappa shape index (κ3) is 3.87. The molecule has 6 nitrogen and oxygen atoms in total. The first-order chi connectivity index (χ1) is 9.82. The van der Waals surface area contributed by atoms with E-state index in [2.05, 4.69) is 0 Å². The molecule has 1 aliphatic rings. The Morgan fingerprint density at radius 2 is 2.14 bits per heavy atom. The number of carbonyl (C=O) groups is 1. The Kier molecular flexibility index (Phi) is 4.75. The van der Waals surface area contributed by atoms with Crippen molar-refractivity contribution in [3.63, 3.8) is 0 Å². The first-order valence-electron chi connectivity index (χ1n) is 6.33. The fourth-order valence-corrected chi connectivity index (χ4v) is 3.31. The number of aliphatic hydroxyl groups excluding tert-OH is 1. The number of aliphatic hydroxyl groups is 1. The average molecular weight is 335 g/mol. The predicted molar refractivity (Wildman–Crippen MR) is 76.1 cm³/mol. The molecule has 1 N–H and O–H groups in total. The summed E-state index contributed by atoms with van der Waals surface area (Å²) in [7, 11) is -2.97. The highest BCUT2D eigenvalue weighted by atomic mass is 35.5. The third-order valence-corrected chi connectivity index (χ3v) is 5.01. The van der Waals surface area contributed by atoms with Gasteiger partial charge in [0.15, 0.2) is 15.9 Å². The molecular formula is C13H15ClO6S. The van der Waals surface area contributed by atoms with Gasteiger partial charge in [-0.05, 0) is 24.6 Å². The molecule has 0 saturated carbocycles. The number of rotatable bonds is 5. The maximum absolute atomic E-state index is 11.4. The van der Waals surface area contributed by atoms with Crippen molar-refractivity contribution in [1.82, 2.24) is 0 Å². The van der Waals surface area contributed by atoms with Crippen LogP contribution in [0, 0.1) is 0 Å². The Labute approximate surface area is 127 Å². The minimum Gasteiger partial charge on any atom is -0.487 e. The SMILES string of the molecule is CCOC(=O)C(O)c1ccc(OC2CS(=O)(=O)C2)c(Cl)c1.